The lowest BCUT2D eigenvalue weighted by atomic mass is 9.47. The maximum atomic E-state index is 12.7. The number of alkyl carbamates (subject to hydrolysis) is 1. The number of nitrogens with two attached hydrogens (primary N) is 1. The van der Waals surface area contributed by atoms with Gasteiger partial charge in [-0.15, -0.1) is 0 Å². The molecular formula is C100H162N18O18. The van der Waals surface area contributed by atoms with E-state index in [1.54, 1.807) is 17.7 Å². The van der Waals surface area contributed by atoms with E-state index >= 15 is 0 Å². The number of H-pyrrole nitrogens is 1. The molecule has 3 saturated carbocycles. The lowest BCUT2D eigenvalue weighted by Gasteiger charge is -2.58. The summed E-state index contributed by atoms with van der Waals surface area (Å²) in [5.41, 5.74) is 38.2. The van der Waals surface area contributed by atoms with Crippen LogP contribution >= 0.6 is 0 Å². The highest BCUT2D eigenvalue weighted by Gasteiger charge is 2.59. The minimum atomic E-state index is -1.27. The van der Waals surface area contributed by atoms with Gasteiger partial charge in [-0.25, -0.2) is 19.6 Å². The Morgan fingerprint density at radius 3 is 1.71 bits per heavy atom. The van der Waals surface area contributed by atoms with Crippen molar-refractivity contribution in [3.8, 4) is 11.5 Å². The molecule has 136 heavy (non-hydrogen) atoms. The molecule has 4 aliphatic carbocycles. The fraction of sp³-hybridized carbons (Fsp3) is 0.760. The van der Waals surface area contributed by atoms with Crippen LogP contribution in [0.1, 0.15) is 255 Å². The molecule has 9 rings (SSSR count). The van der Waals surface area contributed by atoms with Crippen LogP contribution in [0.2, 0.25) is 0 Å². The molecule has 36 heteroatoms. The molecule has 4 aromatic rings. The van der Waals surface area contributed by atoms with E-state index in [1.165, 1.54) is 138 Å². The first-order valence-corrected chi connectivity index (χ1v) is 50.0. The van der Waals surface area contributed by atoms with Crippen LogP contribution in [0.5, 0.6) is 11.5 Å². The Hall–Kier alpha value is -9.15. The van der Waals surface area contributed by atoms with Crippen LogP contribution in [0.25, 0.3) is 42.5 Å². The maximum absolute atomic E-state index is 12.7. The minimum absolute atomic E-state index is 0.0412. The molecule has 760 valence electrons. The van der Waals surface area contributed by atoms with Crippen molar-refractivity contribution in [3.63, 3.8) is 0 Å². The van der Waals surface area contributed by atoms with Crippen LogP contribution in [0.3, 0.4) is 0 Å². The number of hydrogen-bond donors (Lipinski definition) is 7. The number of ether oxygens (including phenoxy) is 12. The lowest BCUT2D eigenvalue weighted by Crippen LogP contribution is -2.51. The zero-order chi connectivity index (χ0) is 98.5. The van der Waals surface area contributed by atoms with Gasteiger partial charge in [0.15, 0.2) is 11.2 Å². The Morgan fingerprint density at radius 2 is 1.15 bits per heavy atom. The SMILES string of the molecule is CC(C)CCC[C@@H](C)[C@H]1CC[C@H]2[C@@H]3CC=C4C[C@@H](OC(=O)NCCOCCOCCOCCN=[N+]=[N-])CC[C@]4(C)[C@H]3CC[C@]12C.Cc1c(C)c2c(c(C)c1OCCOCCOCCOCCN=[N+]=[N-])CCC(C)(CCCC(C)CCCC(C)CCCC(C)C)O2.[N-]=[N+]=NCCOCCOCCOCCNC(=O)CC[C@H](NC(=O)c1ccc(NCc2cnc3nc(N)[nH]c(=O)c3n2)cc1)C(=O)O. The number of aliphatic carboxylic acids is 1. The van der Waals surface area contributed by atoms with E-state index in [2.05, 4.69) is 167 Å². The van der Waals surface area contributed by atoms with E-state index in [0.29, 0.717) is 155 Å². The number of amides is 3. The van der Waals surface area contributed by atoms with E-state index < -0.39 is 23.5 Å². The minimum Gasteiger partial charge on any atom is -0.491 e. The molecule has 5 aliphatic rings. The van der Waals surface area contributed by atoms with Crippen molar-refractivity contribution in [2.75, 3.05) is 169 Å². The first kappa shape index (κ1) is 114. The van der Waals surface area contributed by atoms with Gasteiger partial charge < -0.3 is 88.9 Å². The van der Waals surface area contributed by atoms with Crippen LogP contribution in [-0.2, 0) is 69.9 Å². The van der Waals surface area contributed by atoms with Crippen molar-refractivity contribution in [1.29, 1.82) is 0 Å². The summed E-state index contributed by atoms with van der Waals surface area (Å²) in [6.45, 7) is 40.6. The molecule has 2 aromatic heterocycles. The lowest BCUT2D eigenvalue weighted by molar-refractivity contribution is -0.139. The third kappa shape index (κ3) is 40.0. The first-order chi connectivity index (χ1) is 65.5. The predicted octanol–water partition coefficient (Wildman–Crippen LogP) is 18.7. The van der Waals surface area contributed by atoms with Crippen molar-refractivity contribution in [3.05, 3.63) is 117 Å². The molecule has 3 heterocycles. The van der Waals surface area contributed by atoms with Crippen LogP contribution in [0.4, 0.5) is 16.4 Å². The number of benzene rings is 2. The van der Waals surface area contributed by atoms with Gasteiger partial charge in [0.1, 0.15) is 35.9 Å². The number of allylic oxidation sites excluding steroid dienone is 1. The van der Waals surface area contributed by atoms with E-state index in [-0.39, 0.29) is 90.9 Å². The van der Waals surface area contributed by atoms with E-state index in [9.17, 15) is 29.1 Å². The van der Waals surface area contributed by atoms with Crippen molar-refractivity contribution in [2.45, 2.75) is 268 Å². The highest BCUT2D eigenvalue weighted by molar-refractivity contribution is 5.97. The van der Waals surface area contributed by atoms with Gasteiger partial charge in [-0.2, -0.15) is 4.98 Å². The van der Waals surface area contributed by atoms with Gasteiger partial charge >= 0.3 is 12.1 Å². The molecule has 0 saturated heterocycles. The summed E-state index contributed by atoms with van der Waals surface area (Å²) >= 11 is 0. The number of azide groups is 3. The van der Waals surface area contributed by atoms with Gasteiger partial charge in [0.2, 0.25) is 11.9 Å². The third-order valence-corrected chi connectivity index (χ3v) is 27.7. The van der Waals surface area contributed by atoms with Gasteiger partial charge in [0, 0.05) is 77.1 Å². The van der Waals surface area contributed by atoms with Gasteiger partial charge in [-0.05, 0) is 226 Å². The van der Waals surface area contributed by atoms with Crippen LogP contribution in [0, 0.1) is 84.9 Å². The van der Waals surface area contributed by atoms with Gasteiger partial charge in [-0.3, -0.25) is 19.4 Å². The van der Waals surface area contributed by atoms with Crippen LogP contribution in [0.15, 0.2) is 62.2 Å². The Balaban J connectivity index is 0.000000278. The number of carboxylic acids is 1. The Bertz CT molecular complexity index is 4470. The quantitative estimate of drug-likeness (QED) is 0.00709. The molecule has 0 spiro atoms. The normalized spacial score (nSPS) is 20.5. The maximum Gasteiger partial charge on any atom is 0.407 e. The van der Waals surface area contributed by atoms with Crippen molar-refractivity contribution < 1.29 is 81.1 Å². The number of fused-ring (bicyclic) bond motifs is 7. The second-order valence-corrected chi connectivity index (χ2v) is 38.8. The Kier molecular flexibility index (Phi) is 52.5. The molecule has 8 N–H and O–H groups in total. The Morgan fingerprint density at radius 1 is 0.610 bits per heavy atom. The van der Waals surface area contributed by atoms with Gasteiger partial charge in [0.05, 0.1) is 137 Å². The van der Waals surface area contributed by atoms with E-state index in [1.807, 2.05) is 0 Å². The molecule has 3 unspecified atom stereocenters. The number of carbonyl (C=O) groups excluding carboxylic acids is 3. The zero-order valence-corrected chi connectivity index (χ0v) is 83.8. The van der Waals surface area contributed by atoms with Crippen molar-refractivity contribution >= 4 is 46.7 Å². The average molecular weight is 1900 g/mol. The van der Waals surface area contributed by atoms with Crippen LogP contribution in [-0.4, -0.2) is 225 Å². The molecule has 36 nitrogen and oxygen atoms in total. The summed E-state index contributed by atoms with van der Waals surface area (Å²) in [5.74, 6) is 7.25. The van der Waals surface area contributed by atoms with Crippen molar-refractivity contribution in [2.24, 2.45) is 79.4 Å². The Labute approximate surface area is 805 Å². The zero-order valence-electron chi connectivity index (χ0n) is 83.8. The highest BCUT2D eigenvalue weighted by atomic mass is 16.6. The number of aromatic nitrogens is 4. The van der Waals surface area contributed by atoms with Crippen LogP contribution < -0.4 is 42.0 Å². The summed E-state index contributed by atoms with van der Waals surface area (Å²) in [5, 5.41) is 30.7. The third-order valence-electron chi connectivity index (χ3n) is 27.7. The second kappa shape index (κ2) is 62.7. The second-order valence-electron chi connectivity index (χ2n) is 38.8. The van der Waals surface area contributed by atoms with Crippen molar-refractivity contribution in [1.82, 2.24) is 35.9 Å². The smallest absolute Gasteiger partial charge is 0.407 e. The standard InChI is InChI=1S/C37H65N3O5.C36H62N4O5.C27H35N11O8/c1-28(2)12-9-13-29(3)14-10-15-30(4)16-11-18-37(8)19-17-34-33(7)35(31(5)32(6)36(34)45-37)44-27-26-43-25-24-42-23-22-41-21-20-39-40-38;1-26(2)7-6-8-27(3)31-11-12-32-30-10-9-28-25-29(13-15-35(28,4)33(30)14-16-36(31,32)5)45-34(41)38-17-19-42-21-23-44-24-22-43-20-18-39-40-37;28-27-36-23-22(25(41)37-27)34-19(16-32-23)15-31-18-3-1-17(2-4-18)24(40)35-20(26(42)43)5-6-21(39)30-7-9-44-11-13-46-14-12-45-10-8-33-38-29/h28-30H,9-27H2,1-8H3;9,26-27,29-33H,6-8,10-25H2,1-5H3,(H,38,41);1-4,16,20,31H,5-15H2,(H,30,39)(H,35,40)(H,42,43)(H3,28,32,36,37,41)/t;27-,29+,30+,31-,32+,33+,35+,36-;20-/m.10/s1. The number of rotatable bonds is 64. The summed E-state index contributed by atoms with van der Waals surface area (Å²) in [6.07, 6.45) is 31.3. The monoisotopic (exact) mass is 1900 g/mol. The molecule has 1 aliphatic heterocycles. The number of nitrogens with one attached hydrogen (secondary N) is 5. The van der Waals surface area contributed by atoms with E-state index in [0.717, 1.165) is 109 Å². The summed E-state index contributed by atoms with van der Waals surface area (Å²) in [6, 6.07) is 5.01. The summed E-state index contributed by atoms with van der Waals surface area (Å²) in [4.78, 5) is 83.7. The summed E-state index contributed by atoms with van der Waals surface area (Å²) in [7, 11) is 0. The molecule has 0 radical (unpaired) electrons. The molecule has 12 atom stereocenters. The largest absolute Gasteiger partial charge is 0.491 e. The molecular weight excluding hydrogens is 1740 g/mol. The number of anilines is 2. The number of carboxylic acid groups (broad SMARTS) is 1. The fourth-order valence-corrected chi connectivity index (χ4v) is 20.0. The number of hydrogen-bond acceptors (Lipinski definition) is 25. The molecule has 3 fully saturated rings. The number of aromatic amines is 1. The summed E-state index contributed by atoms with van der Waals surface area (Å²) < 4.78 is 67.6. The number of carbonyl (C=O) groups is 4. The average Bonchev–Trinajstić information content (AvgIpc) is 1.49. The number of nitrogen functional groups attached to an aromatic ring is 1. The number of nitrogens with zero attached hydrogens (tertiary/aromatic N) is 12. The molecule has 2 aromatic carbocycles. The fourth-order valence-electron chi connectivity index (χ4n) is 20.0. The van der Waals surface area contributed by atoms with E-state index in [4.69, 9.17) is 79.2 Å². The van der Waals surface area contributed by atoms with Gasteiger partial charge in [0.25, 0.3) is 11.5 Å². The molecule has 0 bridgehead atoms. The molecule has 3 amide bonds. The first-order valence-electron chi connectivity index (χ1n) is 50.0. The topological polar surface area (TPSA) is 491 Å². The van der Waals surface area contributed by atoms with Gasteiger partial charge in [-0.1, -0.05) is 154 Å². The predicted molar refractivity (Wildman–Crippen MR) is 526 cm³/mol. The highest BCUT2D eigenvalue weighted by Crippen LogP contribution is 2.67.